The van der Waals surface area contributed by atoms with Crippen molar-refractivity contribution in [3.63, 3.8) is 0 Å². The summed E-state index contributed by atoms with van der Waals surface area (Å²) in [5.74, 6) is 1.16. The molecule has 0 fully saturated rings. The molecular weight excluding hydrogens is 744 g/mol. The van der Waals surface area contributed by atoms with E-state index in [1.54, 1.807) is 0 Å². The van der Waals surface area contributed by atoms with Crippen molar-refractivity contribution >= 4 is 41.4 Å². The molecule has 0 atom stereocenters. The van der Waals surface area contributed by atoms with Crippen molar-refractivity contribution in [2.75, 3.05) is 0 Å². The molecule has 54 heavy (non-hydrogen) atoms. The molecule has 0 unspecified atom stereocenters. The molecule has 2 heteroatoms. The second-order valence-corrected chi connectivity index (χ2v) is 16.4. The van der Waals surface area contributed by atoms with E-state index in [2.05, 4.69) is 195 Å². The minimum absolute atomic E-state index is 0. The summed E-state index contributed by atoms with van der Waals surface area (Å²) in [7, 11) is 0.795. The summed E-state index contributed by atoms with van der Waals surface area (Å²) in [6.07, 6.45) is 0. The third kappa shape index (κ3) is 8.02. The van der Waals surface area contributed by atoms with Crippen LogP contribution >= 0.6 is 0 Å². The standard InChI is InChI=1S/2C20H21.C12H7Si.Zr/c2*1-13(2)17-11-16-8-6-10-19(20(16)12-17)18-9-5-7-14(3)15(18)4;1-3-7-11-9(5-1)10-6-2-4-8-12(10)13-11;/h2*5-13H,1-4H3;1-7H;/q3*-1;+3. The van der Waals surface area contributed by atoms with Crippen molar-refractivity contribution in [2.24, 2.45) is 0 Å². The van der Waals surface area contributed by atoms with Gasteiger partial charge in [-0.3, -0.25) is 0 Å². The Hall–Kier alpha value is -4.36. The van der Waals surface area contributed by atoms with Crippen LogP contribution in [0.5, 0.6) is 0 Å². The molecule has 0 aliphatic carbocycles. The van der Waals surface area contributed by atoms with E-state index in [1.807, 2.05) is 6.07 Å². The van der Waals surface area contributed by atoms with Crippen LogP contribution in [0.25, 0.3) is 54.9 Å². The molecule has 0 spiro atoms. The largest absolute Gasteiger partial charge is 3.00 e. The van der Waals surface area contributed by atoms with Gasteiger partial charge in [0.05, 0.1) is 9.52 Å². The van der Waals surface area contributed by atoms with Crippen LogP contribution in [0.2, 0.25) is 0 Å². The van der Waals surface area contributed by atoms with Gasteiger partial charge in [-0.05, 0) is 72.9 Å². The van der Waals surface area contributed by atoms with Crippen LogP contribution in [-0.2, 0) is 26.2 Å². The monoisotopic (exact) mass is 791 g/mol. The van der Waals surface area contributed by atoms with Gasteiger partial charge in [-0.2, -0.15) is 41.6 Å². The van der Waals surface area contributed by atoms with Crippen LogP contribution in [0.15, 0.2) is 140 Å². The molecule has 265 valence electrons. The van der Waals surface area contributed by atoms with Crippen molar-refractivity contribution in [2.45, 2.75) is 67.2 Å². The van der Waals surface area contributed by atoms with Gasteiger partial charge in [0.25, 0.3) is 0 Å². The number of rotatable bonds is 4. The Morgan fingerprint density at radius 2 is 0.926 bits per heavy atom. The summed E-state index contributed by atoms with van der Waals surface area (Å²) in [5, 5.41) is 8.29. The average molecular weight is 793 g/mol. The van der Waals surface area contributed by atoms with Crippen molar-refractivity contribution in [3.8, 4) is 33.4 Å². The fourth-order valence-electron chi connectivity index (χ4n) is 7.46. The van der Waals surface area contributed by atoms with E-state index >= 15 is 0 Å². The Morgan fingerprint density at radius 1 is 0.481 bits per heavy atom. The predicted octanol–water partition coefficient (Wildman–Crippen LogP) is 13.1. The molecule has 1 aliphatic rings. The van der Waals surface area contributed by atoms with E-state index in [-0.39, 0.29) is 26.2 Å². The summed E-state index contributed by atoms with van der Waals surface area (Å²) < 4.78 is 0. The van der Waals surface area contributed by atoms with Gasteiger partial charge in [-0.1, -0.05) is 122 Å². The van der Waals surface area contributed by atoms with Gasteiger partial charge >= 0.3 is 26.2 Å². The van der Waals surface area contributed by atoms with Crippen LogP contribution in [0, 0.1) is 33.8 Å². The van der Waals surface area contributed by atoms with Crippen LogP contribution < -0.4 is 10.4 Å². The van der Waals surface area contributed by atoms with Crippen molar-refractivity contribution in [3.05, 3.63) is 179 Å². The molecule has 0 saturated heterocycles. The molecule has 0 aromatic heterocycles. The van der Waals surface area contributed by atoms with E-state index in [0.717, 1.165) is 9.52 Å². The van der Waals surface area contributed by atoms with E-state index in [9.17, 15) is 0 Å². The second-order valence-electron chi connectivity index (χ2n) is 15.1. The van der Waals surface area contributed by atoms with Crippen LogP contribution in [0.1, 0.15) is 72.9 Å². The first-order valence-electron chi connectivity index (χ1n) is 19.0. The maximum atomic E-state index is 3.31. The van der Waals surface area contributed by atoms with Gasteiger partial charge in [-0.25, -0.2) is 0 Å². The Kier molecular flexibility index (Phi) is 12.4. The molecule has 0 nitrogen and oxygen atoms in total. The molecule has 3 radical (unpaired) electrons. The molecule has 1 heterocycles. The first-order chi connectivity index (χ1) is 25.6. The molecule has 8 aromatic rings. The van der Waals surface area contributed by atoms with Crippen molar-refractivity contribution in [1.29, 1.82) is 0 Å². The minimum Gasteiger partial charge on any atom is -0.184 e. The summed E-state index contributed by atoms with van der Waals surface area (Å²) >= 11 is 0. The quantitative estimate of drug-likeness (QED) is 0.123. The zero-order valence-electron chi connectivity index (χ0n) is 32.9. The number of hydrogen-bond donors (Lipinski definition) is 0. The maximum absolute atomic E-state index is 3.31. The van der Waals surface area contributed by atoms with Crippen LogP contribution in [0.3, 0.4) is 0 Å². The van der Waals surface area contributed by atoms with Gasteiger partial charge in [0, 0.05) is 0 Å². The minimum atomic E-state index is 0. The Labute approximate surface area is 345 Å². The molecule has 8 aromatic carbocycles. The molecule has 0 bridgehead atoms. The SMILES string of the molecule is Cc1cccc(-c2cccc3[cH-]c(C(C)C)cc23)c1C.Cc1cccc(-c2cccc3[cH-]c(C(C)C)cc23)c1C.[Zr+3].[c-]1cccc2c1[Si]c1ccccc1-2. The van der Waals surface area contributed by atoms with Crippen molar-refractivity contribution in [1.82, 2.24) is 0 Å². The van der Waals surface area contributed by atoms with Crippen LogP contribution in [-0.4, -0.2) is 9.52 Å². The number of hydrogen-bond acceptors (Lipinski definition) is 0. The molecular formula is C52H49SiZr. The number of fused-ring (bicyclic) bond motifs is 5. The maximum Gasteiger partial charge on any atom is 3.00 e. The topological polar surface area (TPSA) is 0 Å². The van der Waals surface area contributed by atoms with Crippen molar-refractivity contribution < 1.29 is 26.2 Å². The van der Waals surface area contributed by atoms with Gasteiger partial charge in [0.2, 0.25) is 0 Å². The summed E-state index contributed by atoms with van der Waals surface area (Å²) in [6, 6.07) is 54.0. The Morgan fingerprint density at radius 3 is 1.44 bits per heavy atom. The number of benzene rings is 6. The molecule has 0 N–H and O–H groups in total. The zero-order valence-corrected chi connectivity index (χ0v) is 36.4. The fraction of sp³-hybridized carbons (Fsp3) is 0.192. The van der Waals surface area contributed by atoms with Gasteiger partial charge in [0.1, 0.15) is 0 Å². The van der Waals surface area contributed by atoms with Gasteiger partial charge < -0.3 is 0 Å². The average Bonchev–Trinajstić information content (AvgIpc) is 3.90. The summed E-state index contributed by atoms with van der Waals surface area (Å²) in [5.41, 5.74) is 16.5. The second kappa shape index (κ2) is 17.0. The third-order valence-electron chi connectivity index (χ3n) is 11.0. The first-order valence-corrected chi connectivity index (χ1v) is 20.0. The normalized spacial score (nSPS) is 11.4. The first kappa shape index (κ1) is 39.3. The van der Waals surface area contributed by atoms with Gasteiger partial charge in [0.15, 0.2) is 0 Å². The predicted molar refractivity (Wildman–Crippen MR) is 233 cm³/mol. The molecule has 1 aliphatic heterocycles. The number of aryl methyl sites for hydroxylation is 2. The van der Waals surface area contributed by atoms with E-state index in [1.165, 1.54) is 98.7 Å². The van der Waals surface area contributed by atoms with E-state index in [0.29, 0.717) is 11.8 Å². The summed E-state index contributed by atoms with van der Waals surface area (Å²) in [6.45, 7) is 17.8. The van der Waals surface area contributed by atoms with E-state index < -0.39 is 0 Å². The molecule has 0 amide bonds. The third-order valence-corrected chi connectivity index (χ3v) is 12.4. The molecule has 9 rings (SSSR count). The molecule has 0 saturated carbocycles. The smallest absolute Gasteiger partial charge is 0.184 e. The van der Waals surface area contributed by atoms with Crippen LogP contribution in [0.4, 0.5) is 0 Å². The Balaban J connectivity index is 0.000000140. The van der Waals surface area contributed by atoms with E-state index in [4.69, 9.17) is 0 Å². The fourth-order valence-corrected chi connectivity index (χ4v) is 8.77. The Bertz CT molecular complexity index is 2360. The summed E-state index contributed by atoms with van der Waals surface area (Å²) in [4.78, 5) is 0. The zero-order chi connectivity index (χ0) is 37.2. The van der Waals surface area contributed by atoms with Gasteiger partial charge in [-0.15, -0.1) is 74.6 Å².